The van der Waals surface area contributed by atoms with Crippen LogP contribution in [0.2, 0.25) is 0 Å². The number of likely N-dealkylation sites (tertiary alicyclic amines) is 1. The molecule has 3 aromatic rings. The van der Waals surface area contributed by atoms with Gasteiger partial charge >= 0.3 is 0 Å². The fourth-order valence-electron chi connectivity index (χ4n) is 3.66. The molecule has 1 aliphatic rings. The zero-order valence-electron chi connectivity index (χ0n) is 15.9. The molecule has 146 valence electrons. The maximum absolute atomic E-state index is 13.2. The molecule has 4 rings (SSSR count). The van der Waals surface area contributed by atoms with Crippen LogP contribution >= 0.6 is 11.3 Å². The fourth-order valence-corrected chi connectivity index (χ4v) is 5.40. The molecule has 0 N–H and O–H groups in total. The number of aryl methyl sites for hydroxylation is 1. The van der Waals surface area contributed by atoms with Crippen molar-refractivity contribution in [2.75, 3.05) is 19.3 Å². The molecule has 0 radical (unpaired) electrons. The average Bonchev–Trinajstić information content (AvgIpc) is 3.11. The van der Waals surface area contributed by atoms with Crippen LogP contribution in [0.4, 0.5) is 0 Å². The summed E-state index contributed by atoms with van der Waals surface area (Å²) in [6, 6.07) is 12.9. The van der Waals surface area contributed by atoms with Crippen LogP contribution in [-0.2, 0) is 9.84 Å². The van der Waals surface area contributed by atoms with Crippen molar-refractivity contribution in [1.29, 1.82) is 0 Å². The van der Waals surface area contributed by atoms with E-state index >= 15 is 0 Å². The number of rotatable bonds is 3. The zero-order valence-corrected chi connectivity index (χ0v) is 17.5. The molecular weight excluding hydrogens is 392 g/mol. The van der Waals surface area contributed by atoms with Crippen molar-refractivity contribution >= 4 is 37.3 Å². The lowest BCUT2D eigenvalue weighted by Crippen LogP contribution is -2.39. The van der Waals surface area contributed by atoms with E-state index in [1.165, 1.54) is 6.07 Å². The number of carbonyl (C=O) groups excluding carboxylic acids is 1. The molecule has 0 aliphatic carbocycles. The van der Waals surface area contributed by atoms with Gasteiger partial charge in [0.2, 0.25) is 0 Å². The second kappa shape index (κ2) is 7.29. The maximum atomic E-state index is 13.2. The van der Waals surface area contributed by atoms with Crippen molar-refractivity contribution in [1.82, 2.24) is 9.88 Å². The number of sulfone groups is 1. The highest BCUT2D eigenvalue weighted by Gasteiger charge is 2.28. The molecule has 1 fully saturated rings. The first-order valence-corrected chi connectivity index (χ1v) is 12.0. The molecule has 2 aromatic carbocycles. The van der Waals surface area contributed by atoms with Gasteiger partial charge in [-0.25, -0.2) is 13.4 Å². The Morgan fingerprint density at radius 1 is 1.21 bits per heavy atom. The Kier molecular flexibility index (Phi) is 4.97. The summed E-state index contributed by atoms with van der Waals surface area (Å²) in [7, 11) is -3.35. The molecule has 0 unspecified atom stereocenters. The van der Waals surface area contributed by atoms with Crippen LogP contribution in [0.3, 0.4) is 0 Å². The summed E-state index contributed by atoms with van der Waals surface area (Å²) in [6.07, 6.45) is 3.08. The number of aromatic nitrogens is 1. The Balaban J connectivity index is 1.60. The molecule has 0 spiro atoms. The van der Waals surface area contributed by atoms with Gasteiger partial charge < -0.3 is 4.90 Å². The van der Waals surface area contributed by atoms with E-state index in [-0.39, 0.29) is 16.7 Å². The summed E-state index contributed by atoms with van der Waals surface area (Å²) < 4.78 is 24.9. The minimum absolute atomic E-state index is 0.103. The lowest BCUT2D eigenvalue weighted by atomic mass is 9.97. The highest BCUT2D eigenvalue weighted by molar-refractivity contribution is 7.90. The molecule has 2 heterocycles. The molecule has 0 bridgehead atoms. The van der Waals surface area contributed by atoms with Gasteiger partial charge in [-0.1, -0.05) is 18.2 Å². The number of hydrogen-bond acceptors (Lipinski definition) is 5. The molecule has 7 heteroatoms. The zero-order chi connectivity index (χ0) is 19.9. The minimum atomic E-state index is -3.35. The van der Waals surface area contributed by atoms with Gasteiger partial charge in [0.25, 0.3) is 5.91 Å². The minimum Gasteiger partial charge on any atom is -0.338 e. The van der Waals surface area contributed by atoms with E-state index in [9.17, 15) is 13.2 Å². The van der Waals surface area contributed by atoms with Crippen LogP contribution < -0.4 is 0 Å². The number of nitrogens with zero attached hydrogens (tertiary/aromatic N) is 2. The van der Waals surface area contributed by atoms with Crippen molar-refractivity contribution in [3.05, 3.63) is 58.6 Å². The molecule has 1 amide bonds. The smallest absolute Gasteiger partial charge is 0.254 e. The van der Waals surface area contributed by atoms with Crippen LogP contribution in [0, 0.1) is 6.92 Å². The van der Waals surface area contributed by atoms with E-state index in [2.05, 4.69) is 6.07 Å². The number of para-hydroxylation sites is 1. The number of amides is 1. The van der Waals surface area contributed by atoms with Crippen molar-refractivity contribution in [3.8, 4) is 0 Å². The van der Waals surface area contributed by atoms with E-state index in [1.54, 1.807) is 23.5 Å². The van der Waals surface area contributed by atoms with Crippen LogP contribution in [0.5, 0.6) is 0 Å². The van der Waals surface area contributed by atoms with Crippen molar-refractivity contribution in [3.63, 3.8) is 0 Å². The van der Waals surface area contributed by atoms with E-state index in [4.69, 9.17) is 4.98 Å². The topological polar surface area (TPSA) is 67.3 Å². The average molecular weight is 415 g/mol. The molecule has 1 aromatic heterocycles. The number of benzene rings is 2. The highest BCUT2D eigenvalue weighted by atomic mass is 32.2. The predicted molar refractivity (Wildman–Crippen MR) is 112 cm³/mol. The van der Waals surface area contributed by atoms with Crippen molar-refractivity contribution in [2.24, 2.45) is 0 Å². The third-order valence-corrected chi connectivity index (χ3v) is 7.54. The normalized spacial score (nSPS) is 17.8. The van der Waals surface area contributed by atoms with Crippen molar-refractivity contribution < 1.29 is 13.2 Å². The van der Waals surface area contributed by atoms with Gasteiger partial charge in [-0.15, -0.1) is 11.3 Å². The SMILES string of the molecule is Cc1ccc(S(C)(=O)=O)cc1C(=O)N1CCC[C@H](c2nc3ccccc3s2)C1. The molecular formula is C21H22N2O3S2. The number of carbonyl (C=O) groups is 1. The predicted octanol–water partition coefficient (Wildman–Crippen LogP) is 4.03. The second-order valence-corrected chi connectivity index (χ2v) is 10.4. The summed E-state index contributed by atoms with van der Waals surface area (Å²) >= 11 is 1.69. The number of fused-ring (bicyclic) bond motifs is 1. The van der Waals surface area contributed by atoms with Gasteiger partial charge in [-0.05, 0) is 49.6 Å². The molecule has 5 nitrogen and oxygen atoms in total. The number of hydrogen-bond donors (Lipinski definition) is 0. The van der Waals surface area contributed by atoms with Crippen molar-refractivity contribution in [2.45, 2.75) is 30.6 Å². The van der Waals surface area contributed by atoms with Crippen LogP contribution in [0.15, 0.2) is 47.4 Å². The fraction of sp³-hybridized carbons (Fsp3) is 0.333. The Morgan fingerprint density at radius 2 is 2.00 bits per heavy atom. The molecule has 28 heavy (non-hydrogen) atoms. The summed E-state index contributed by atoms with van der Waals surface area (Å²) in [5.74, 6) is 0.113. The maximum Gasteiger partial charge on any atom is 0.254 e. The largest absolute Gasteiger partial charge is 0.338 e. The summed E-state index contributed by atoms with van der Waals surface area (Å²) in [5, 5.41) is 1.07. The second-order valence-electron chi connectivity index (χ2n) is 7.36. The first-order chi connectivity index (χ1) is 13.3. The lowest BCUT2D eigenvalue weighted by Gasteiger charge is -2.32. The molecule has 0 saturated carbocycles. The number of thiazole rings is 1. The van der Waals surface area contributed by atoms with Gasteiger partial charge in [0.1, 0.15) is 0 Å². The van der Waals surface area contributed by atoms with Crippen LogP contribution in [0.1, 0.15) is 39.7 Å². The summed E-state index contributed by atoms with van der Waals surface area (Å²) in [6.45, 7) is 3.14. The third kappa shape index (κ3) is 3.69. The Hall–Kier alpha value is -2.25. The first kappa shape index (κ1) is 19.1. The molecule has 1 saturated heterocycles. The Labute approximate surface area is 168 Å². The van der Waals surface area contributed by atoms with Gasteiger partial charge in [-0.2, -0.15) is 0 Å². The van der Waals surface area contributed by atoms with E-state index in [0.717, 1.165) is 39.9 Å². The highest BCUT2D eigenvalue weighted by Crippen LogP contribution is 2.33. The van der Waals surface area contributed by atoms with Crippen LogP contribution in [-0.4, -0.2) is 43.6 Å². The Bertz CT molecular complexity index is 1120. The van der Waals surface area contributed by atoms with Gasteiger partial charge in [0, 0.05) is 30.8 Å². The quantitative estimate of drug-likeness (QED) is 0.649. The standard InChI is InChI=1S/C21H22N2O3S2/c1-14-9-10-16(28(2,25)26)12-17(14)21(24)23-11-5-6-15(13-23)20-22-18-7-3-4-8-19(18)27-20/h3-4,7-10,12,15H,5-6,11,13H2,1-2H3/t15-/m0/s1. The first-order valence-electron chi connectivity index (χ1n) is 9.28. The molecule has 1 aliphatic heterocycles. The van der Waals surface area contributed by atoms with Gasteiger partial charge in [0.05, 0.1) is 20.1 Å². The van der Waals surface area contributed by atoms with E-state index in [0.29, 0.717) is 18.7 Å². The molecule has 1 atom stereocenters. The van der Waals surface area contributed by atoms with Gasteiger partial charge in [-0.3, -0.25) is 4.79 Å². The summed E-state index contributed by atoms with van der Waals surface area (Å²) in [5.41, 5.74) is 2.26. The van der Waals surface area contributed by atoms with Gasteiger partial charge in [0.15, 0.2) is 9.84 Å². The van der Waals surface area contributed by atoms with Crippen LogP contribution in [0.25, 0.3) is 10.2 Å². The van der Waals surface area contributed by atoms with E-state index in [1.807, 2.05) is 30.0 Å². The van der Waals surface area contributed by atoms with E-state index < -0.39 is 9.84 Å². The third-order valence-electron chi connectivity index (χ3n) is 5.24. The lowest BCUT2D eigenvalue weighted by molar-refractivity contribution is 0.0706. The monoisotopic (exact) mass is 414 g/mol. The Morgan fingerprint density at radius 3 is 2.75 bits per heavy atom. The summed E-state index contributed by atoms with van der Waals surface area (Å²) in [4.78, 5) is 20.0. The number of piperidine rings is 1.